The lowest BCUT2D eigenvalue weighted by Crippen LogP contribution is -2.27. The van der Waals surface area contributed by atoms with Gasteiger partial charge in [0.2, 0.25) is 0 Å². The molecule has 0 fully saturated rings. The van der Waals surface area contributed by atoms with Crippen LogP contribution in [0.5, 0.6) is 11.5 Å². The second kappa shape index (κ2) is 8.93. The SMILES string of the molecule is O=C(O)COc1cccc2c(S(=O)(=O)CC(O)COc3ccccc3)cccc12. The number of carboxylic acid groups (broad SMARTS) is 1. The van der Waals surface area contributed by atoms with Crippen LogP contribution in [0.25, 0.3) is 10.8 Å². The predicted molar refractivity (Wildman–Crippen MR) is 107 cm³/mol. The van der Waals surface area contributed by atoms with Gasteiger partial charge in [0.25, 0.3) is 0 Å². The number of sulfone groups is 1. The van der Waals surface area contributed by atoms with Crippen molar-refractivity contribution in [3.63, 3.8) is 0 Å². The zero-order valence-electron chi connectivity index (χ0n) is 15.4. The molecule has 0 aliphatic carbocycles. The van der Waals surface area contributed by atoms with E-state index in [0.29, 0.717) is 16.5 Å². The number of carbonyl (C=O) groups is 1. The van der Waals surface area contributed by atoms with Crippen LogP contribution >= 0.6 is 0 Å². The summed E-state index contributed by atoms with van der Waals surface area (Å²) in [6.45, 7) is -0.702. The highest BCUT2D eigenvalue weighted by Gasteiger charge is 2.23. The number of carboxylic acids is 1. The molecule has 0 aromatic heterocycles. The molecule has 0 radical (unpaired) electrons. The Morgan fingerprint density at radius 1 is 0.897 bits per heavy atom. The number of aliphatic hydroxyl groups is 1. The number of benzene rings is 3. The summed E-state index contributed by atoms with van der Waals surface area (Å²) >= 11 is 0. The monoisotopic (exact) mass is 416 g/mol. The maximum absolute atomic E-state index is 12.9. The second-order valence-electron chi connectivity index (χ2n) is 6.35. The molecule has 3 aromatic carbocycles. The van der Waals surface area contributed by atoms with Gasteiger partial charge in [0, 0.05) is 10.8 Å². The van der Waals surface area contributed by atoms with E-state index < -0.39 is 34.3 Å². The first-order valence-corrected chi connectivity index (χ1v) is 10.5. The van der Waals surface area contributed by atoms with Crippen molar-refractivity contribution in [2.45, 2.75) is 11.0 Å². The Labute approximate surface area is 168 Å². The van der Waals surface area contributed by atoms with Gasteiger partial charge in [-0.1, -0.05) is 42.5 Å². The van der Waals surface area contributed by atoms with E-state index in [9.17, 15) is 18.3 Å². The summed E-state index contributed by atoms with van der Waals surface area (Å²) in [5.74, 6) is -0.837. The molecule has 1 unspecified atom stereocenters. The Bertz CT molecular complexity index is 1090. The van der Waals surface area contributed by atoms with E-state index in [4.69, 9.17) is 14.6 Å². The topological polar surface area (TPSA) is 110 Å². The standard InChI is InChI=1S/C21H20O7S/c22-15(12-27-16-6-2-1-3-7-16)14-29(25,26)20-11-5-8-17-18(20)9-4-10-19(17)28-13-21(23)24/h1-11,15,22H,12-14H2,(H,23,24). The lowest BCUT2D eigenvalue weighted by molar-refractivity contribution is -0.139. The summed E-state index contributed by atoms with van der Waals surface area (Å²) in [7, 11) is -3.84. The molecule has 8 heteroatoms. The van der Waals surface area contributed by atoms with Crippen molar-refractivity contribution in [3.8, 4) is 11.5 Å². The lowest BCUT2D eigenvalue weighted by atomic mass is 10.1. The van der Waals surface area contributed by atoms with Crippen molar-refractivity contribution in [2.75, 3.05) is 19.0 Å². The van der Waals surface area contributed by atoms with Crippen LogP contribution in [0.1, 0.15) is 0 Å². The molecule has 0 aliphatic rings. The average Bonchev–Trinajstić information content (AvgIpc) is 2.70. The summed E-state index contributed by atoms with van der Waals surface area (Å²) in [4.78, 5) is 10.8. The van der Waals surface area contributed by atoms with Crippen molar-refractivity contribution in [1.82, 2.24) is 0 Å². The first-order valence-electron chi connectivity index (χ1n) is 8.82. The van der Waals surface area contributed by atoms with Crippen molar-refractivity contribution in [1.29, 1.82) is 0 Å². The fourth-order valence-corrected chi connectivity index (χ4v) is 4.47. The van der Waals surface area contributed by atoms with Crippen molar-refractivity contribution in [3.05, 3.63) is 66.7 Å². The molecule has 0 spiro atoms. The number of para-hydroxylation sites is 1. The molecular weight excluding hydrogens is 396 g/mol. The van der Waals surface area contributed by atoms with E-state index in [0.717, 1.165) is 0 Å². The van der Waals surface area contributed by atoms with Gasteiger partial charge in [-0.05, 0) is 24.3 Å². The fourth-order valence-electron chi connectivity index (χ4n) is 2.89. The highest BCUT2D eigenvalue weighted by Crippen LogP contribution is 2.31. The fraction of sp³-hybridized carbons (Fsp3) is 0.190. The molecule has 1 atom stereocenters. The average molecular weight is 416 g/mol. The van der Waals surface area contributed by atoms with Crippen molar-refractivity contribution in [2.24, 2.45) is 0 Å². The molecule has 7 nitrogen and oxygen atoms in total. The van der Waals surface area contributed by atoms with Crippen LogP contribution in [0.2, 0.25) is 0 Å². The number of fused-ring (bicyclic) bond motifs is 1. The van der Waals surface area contributed by atoms with Crippen LogP contribution in [0.4, 0.5) is 0 Å². The number of ether oxygens (including phenoxy) is 2. The van der Waals surface area contributed by atoms with Gasteiger partial charge < -0.3 is 19.7 Å². The maximum Gasteiger partial charge on any atom is 0.341 e. The Morgan fingerprint density at radius 3 is 2.31 bits per heavy atom. The zero-order chi connectivity index (χ0) is 20.9. The normalized spacial score (nSPS) is 12.4. The van der Waals surface area contributed by atoms with Crippen LogP contribution in [-0.2, 0) is 14.6 Å². The van der Waals surface area contributed by atoms with Crippen LogP contribution in [0.3, 0.4) is 0 Å². The smallest absolute Gasteiger partial charge is 0.341 e. The Kier molecular flexibility index (Phi) is 6.36. The van der Waals surface area contributed by atoms with E-state index in [2.05, 4.69) is 0 Å². The largest absolute Gasteiger partial charge is 0.491 e. The van der Waals surface area contributed by atoms with Gasteiger partial charge in [-0.2, -0.15) is 0 Å². The number of hydrogen-bond donors (Lipinski definition) is 2. The summed E-state index contributed by atoms with van der Waals surface area (Å²) in [5, 5.41) is 19.9. The summed E-state index contributed by atoms with van der Waals surface area (Å²) in [6.07, 6.45) is -1.22. The molecule has 29 heavy (non-hydrogen) atoms. The number of aliphatic carboxylic acids is 1. The minimum absolute atomic E-state index is 0.0366. The first kappa shape index (κ1) is 20.6. The molecule has 0 bridgehead atoms. The van der Waals surface area contributed by atoms with Gasteiger partial charge in [-0.3, -0.25) is 0 Å². The molecule has 0 aliphatic heterocycles. The van der Waals surface area contributed by atoms with E-state index >= 15 is 0 Å². The van der Waals surface area contributed by atoms with Crippen LogP contribution in [0, 0.1) is 0 Å². The van der Waals surface area contributed by atoms with E-state index in [1.165, 1.54) is 6.07 Å². The third-order valence-electron chi connectivity index (χ3n) is 4.13. The molecule has 0 saturated carbocycles. The van der Waals surface area contributed by atoms with Crippen LogP contribution < -0.4 is 9.47 Å². The summed E-state index contributed by atoms with van der Waals surface area (Å²) in [6, 6.07) is 18.2. The molecule has 0 saturated heterocycles. The molecule has 152 valence electrons. The molecule has 0 amide bonds. The second-order valence-corrected chi connectivity index (χ2v) is 8.35. The first-order chi connectivity index (χ1) is 13.9. The van der Waals surface area contributed by atoms with E-state index in [1.54, 1.807) is 54.6 Å². The van der Waals surface area contributed by atoms with Gasteiger partial charge in [0.05, 0.1) is 10.6 Å². The highest BCUT2D eigenvalue weighted by atomic mass is 32.2. The van der Waals surface area contributed by atoms with Crippen molar-refractivity contribution >= 4 is 26.6 Å². The van der Waals surface area contributed by atoms with Gasteiger partial charge in [0.15, 0.2) is 16.4 Å². The molecule has 3 aromatic rings. The predicted octanol–water partition coefficient (Wildman–Crippen LogP) is 2.52. The minimum Gasteiger partial charge on any atom is -0.491 e. The molecule has 3 rings (SSSR count). The third-order valence-corrected chi connectivity index (χ3v) is 5.98. The highest BCUT2D eigenvalue weighted by molar-refractivity contribution is 7.91. The van der Waals surface area contributed by atoms with E-state index in [1.807, 2.05) is 6.07 Å². The van der Waals surface area contributed by atoms with Gasteiger partial charge in [-0.25, -0.2) is 13.2 Å². The molecular formula is C21H20O7S. The number of rotatable bonds is 9. The van der Waals surface area contributed by atoms with Crippen molar-refractivity contribution < 1.29 is 32.9 Å². The minimum atomic E-state index is -3.84. The zero-order valence-corrected chi connectivity index (χ0v) is 16.2. The Morgan fingerprint density at radius 2 is 1.59 bits per heavy atom. The lowest BCUT2D eigenvalue weighted by Gasteiger charge is -2.15. The number of hydrogen-bond acceptors (Lipinski definition) is 6. The molecule has 0 heterocycles. The third kappa shape index (κ3) is 5.24. The van der Waals surface area contributed by atoms with Crippen LogP contribution in [0.15, 0.2) is 71.6 Å². The Hall–Kier alpha value is -3.10. The van der Waals surface area contributed by atoms with Crippen LogP contribution in [-0.4, -0.2) is 49.7 Å². The van der Waals surface area contributed by atoms with Gasteiger partial charge >= 0.3 is 5.97 Å². The Balaban J connectivity index is 1.80. The van der Waals surface area contributed by atoms with Gasteiger partial charge in [-0.15, -0.1) is 0 Å². The maximum atomic E-state index is 12.9. The summed E-state index contributed by atoms with van der Waals surface area (Å²) < 4.78 is 36.5. The summed E-state index contributed by atoms with van der Waals surface area (Å²) in [5.41, 5.74) is 0. The quantitative estimate of drug-likeness (QED) is 0.551. The number of aliphatic hydroxyl groups excluding tert-OH is 1. The molecule has 2 N–H and O–H groups in total. The van der Waals surface area contributed by atoms with Gasteiger partial charge in [0.1, 0.15) is 24.2 Å². The van der Waals surface area contributed by atoms with E-state index in [-0.39, 0.29) is 17.3 Å².